The molecule has 116 valence electrons. The fourth-order valence-electron chi connectivity index (χ4n) is 3.02. The third kappa shape index (κ3) is 5.90. The first kappa shape index (κ1) is 17.0. The number of hydrogen-bond acceptors (Lipinski definition) is 3. The van der Waals surface area contributed by atoms with E-state index in [4.69, 9.17) is 10.8 Å². The molecule has 0 spiro atoms. The highest BCUT2D eigenvalue weighted by Gasteiger charge is 2.28. The average molecular weight is 284 g/mol. The summed E-state index contributed by atoms with van der Waals surface area (Å²) in [4.78, 5) is 23.0. The van der Waals surface area contributed by atoms with Crippen LogP contribution in [0.15, 0.2) is 0 Å². The van der Waals surface area contributed by atoms with Crippen molar-refractivity contribution in [3.8, 4) is 0 Å². The smallest absolute Gasteiger partial charge is 0.306 e. The molecule has 1 aliphatic carbocycles. The van der Waals surface area contributed by atoms with Crippen molar-refractivity contribution < 1.29 is 14.7 Å². The molecule has 0 heterocycles. The Balaban J connectivity index is 2.39. The van der Waals surface area contributed by atoms with Gasteiger partial charge in [0.25, 0.3) is 0 Å². The predicted octanol–water partition coefficient (Wildman–Crippen LogP) is 1.76. The van der Waals surface area contributed by atoms with Gasteiger partial charge in [0.15, 0.2) is 0 Å². The molecular weight excluding hydrogens is 256 g/mol. The number of carboxylic acids is 1. The van der Waals surface area contributed by atoms with Crippen LogP contribution in [-0.4, -0.2) is 29.6 Å². The van der Waals surface area contributed by atoms with Gasteiger partial charge < -0.3 is 16.2 Å². The van der Waals surface area contributed by atoms with E-state index in [0.717, 1.165) is 25.7 Å². The van der Waals surface area contributed by atoms with Crippen molar-refractivity contribution in [1.29, 1.82) is 0 Å². The monoisotopic (exact) mass is 284 g/mol. The van der Waals surface area contributed by atoms with Gasteiger partial charge in [0.2, 0.25) is 5.91 Å². The van der Waals surface area contributed by atoms with E-state index >= 15 is 0 Å². The number of carbonyl (C=O) groups is 2. The fraction of sp³-hybridized carbons (Fsp3) is 0.867. The maximum atomic E-state index is 12.0. The van der Waals surface area contributed by atoms with Crippen LogP contribution in [0, 0.1) is 17.8 Å². The van der Waals surface area contributed by atoms with Crippen molar-refractivity contribution in [2.45, 2.75) is 58.4 Å². The fourth-order valence-corrected chi connectivity index (χ4v) is 3.02. The van der Waals surface area contributed by atoms with Gasteiger partial charge in [-0.25, -0.2) is 0 Å². The number of nitrogens with two attached hydrogens (primary N) is 1. The molecule has 0 saturated heterocycles. The van der Waals surface area contributed by atoms with Crippen LogP contribution in [0.5, 0.6) is 0 Å². The molecular formula is C15H28N2O3. The van der Waals surface area contributed by atoms with E-state index in [9.17, 15) is 9.59 Å². The molecule has 0 radical (unpaired) electrons. The van der Waals surface area contributed by atoms with Crippen LogP contribution < -0.4 is 11.1 Å². The molecule has 0 bridgehead atoms. The number of rotatable bonds is 7. The molecule has 0 aliphatic heterocycles. The van der Waals surface area contributed by atoms with Crippen LogP contribution in [0.1, 0.15) is 52.4 Å². The molecule has 1 rings (SSSR count). The summed E-state index contributed by atoms with van der Waals surface area (Å²) in [5.41, 5.74) is 5.71. The van der Waals surface area contributed by atoms with Crippen LogP contribution in [0.3, 0.4) is 0 Å². The van der Waals surface area contributed by atoms with E-state index in [1.165, 1.54) is 0 Å². The summed E-state index contributed by atoms with van der Waals surface area (Å²) in [7, 11) is 0. The first-order chi connectivity index (χ1) is 9.42. The molecule has 1 fully saturated rings. The van der Waals surface area contributed by atoms with Gasteiger partial charge in [0.1, 0.15) is 0 Å². The Hall–Kier alpha value is -1.10. The van der Waals surface area contributed by atoms with E-state index in [-0.39, 0.29) is 23.8 Å². The van der Waals surface area contributed by atoms with Crippen molar-refractivity contribution in [3.05, 3.63) is 0 Å². The predicted molar refractivity (Wildman–Crippen MR) is 78.1 cm³/mol. The molecule has 4 N–H and O–H groups in total. The molecule has 1 amide bonds. The van der Waals surface area contributed by atoms with Gasteiger partial charge in [-0.3, -0.25) is 9.59 Å². The number of hydrogen-bond donors (Lipinski definition) is 3. The van der Waals surface area contributed by atoms with E-state index in [2.05, 4.69) is 19.2 Å². The summed E-state index contributed by atoms with van der Waals surface area (Å²) in [5.74, 6) is -0.299. The normalized spacial score (nSPS) is 24.4. The lowest BCUT2D eigenvalue weighted by atomic mass is 9.85. The number of nitrogens with one attached hydrogen (secondary N) is 1. The van der Waals surface area contributed by atoms with Gasteiger partial charge in [-0.15, -0.1) is 0 Å². The Morgan fingerprint density at radius 1 is 1.35 bits per heavy atom. The van der Waals surface area contributed by atoms with Crippen molar-refractivity contribution in [3.63, 3.8) is 0 Å². The Kier molecular flexibility index (Phi) is 6.99. The van der Waals surface area contributed by atoms with E-state index in [1.54, 1.807) is 0 Å². The van der Waals surface area contributed by atoms with Crippen molar-refractivity contribution in [2.24, 2.45) is 23.5 Å². The van der Waals surface area contributed by atoms with Crippen molar-refractivity contribution in [2.75, 3.05) is 6.54 Å². The van der Waals surface area contributed by atoms with Crippen LogP contribution in [0.4, 0.5) is 0 Å². The Labute approximate surface area is 121 Å². The molecule has 3 atom stereocenters. The molecule has 5 heteroatoms. The molecule has 5 nitrogen and oxygen atoms in total. The second-order valence-corrected chi connectivity index (χ2v) is 6.40. The number of carboxylic acid groups (broad SMARTS) is 1. The van der Waals surface area contributed by atoms with Gasteiger partial charge in [-0.2, -0.15) is 0 Å². The largest absolute Gasteiger partial charge is 0.481 e. The van der Waals surface area contributed by atoms with Crippen LogP contribution in [0.25, 0.3) is 0 Å². The lowest BCUT2D eigenvalue weighted by Crippen LogP contribution is -2.41. The quantitative estimate of drug-likeness (QED) is 0.664. The van der Waals surface area contributed by atoms with Gasteiger partial charge in [-0.1, -0.05) is 20.3 Å². The highest BCUT2D eigenvalue weighted by molar-refractivity contribution is 5.76. The Morgan fingerprint density at radius 3 is 2.60 bits per heavy atom. The van der Waals surface area contributed by atoms with E-state index < -0.39 is 5.97 Å². The number of carbonyl (C=O) groups excluding carboxylic acids is 1. The summed E-state index contributed by atoms with van der Waals surface area (Å²) < 4.78 is 0. The van der Waals surface area contributed by atoms with E-state index in [0.29, 0.717) is 25.3 Å². The first-order valence-electron chi connectivity index (χ1n) is 7.64. The molecule has 20 heavy (non-hydrogen) atoms. The van der Waals surface area contributed by atoms with Crippen LogP contribution in [0.2, 0.25) is 0 Å². The van der Waals surface area contributed by atoms with Crippen molar-refractivity contribution >= 4 is 11.9 Å². The van der Waals surface area contributed by atoms with Crippen molar-refractivity contribution in [1.82, 2.24) is 5.32 Å². The number of aliphatic carboxylic acids is 1. The van der Waals surface area contributed by atoms with Gasteiger partial charge in [0.05, 0.1) is 5.92 Å². The summed E-state index contributed by atoms with van der Waals surface area (Å²) in [6.45, 7) is 4.77. The molecule has 1 aliphatic rings. The lowest BCUT2D eigenvalue weighted by molar-refractivity contribution is -0.143. The minimum atomic E-state index is -0.747. The maximum Gasteiger partial charge on any atom is 0.306 e. The minimum Gasteiger partial charge on any atom is -0.481 e. The molecule has 1 saturated carbocycles. The third-order valence-corrected chi connectivity index (χ3v) is 4.00. The van der Waals surface area contributed by atoms with Gasteiger partial charge in [-0.05, 0) is 44.1 Å². The van der Waals surface area contributed by atoms with Gasteiger partial charge in [0, 0.05) is 12.5 Å². The zero-order valence-corrected chi connectivity index (χ0v) is 12.6. The average Bonchev–Trinajstić information content (AvgIpc) is 2.37. The second kappa shape index (κ2) is 8.25. The summed E-state index contributed by atoms with van der Waals surface area (Å²) >= 11 is 0. The highest BCUT2D eigenvalue weighted by Crippen LogP contribution is 2.24. The number of amides is 1. The Morgan fingerprint density at radius 2 is 2.05 bits per heavy atom. The third-order valence-electron chi connectivity index (χ3n) is 4.00. The maximum absolute atomic E-state index is 12.0. The summed E-state index contributed by atoms with van der Waals surface area (Å²) in [6.07, 6.45) is 4.43. The minimum absolute atomic E-state index is 0.00910. The molecule has 0 aromatic heterocycles. The lowest BCUT2D eigenvalue weighted by Gasteiger charge is -2.28. The van der Waals surface area contributed by atoms with Crippen LogP contribution in [-0.2, 0) is 9.59 Å². The van der Waals surface area contributed by atoms with Gasteiger partial charge >= 0.3 is 5.97 Å². The Bertz CT molecular complexity index is 331. The molecule has 0 aromatic carbocycles. The summed E-state index contributed by atoms with van der Waals surface area (Å²) in [5, 5.41) is 12.0. The molecule has 0 aromatic rings. The SMILES string of the molecule is CC(C)CC(CN)CC(=O)NC1CCCC(C(=O)O)C1. The second-order valence-electron chi connectivity index (χ2n) is 6.40. The zero-order valence-electron chi connectivity index (χ0n) is 12.6. The highest BCUT2D eigenvalue weighted by atomic mass is 16.4. The van der Waals surface area contributed by atoms with Crippen LogP contribution >= 0.6 is 0 Å². The first-order valence-corrected chi connectivity index (χ1v) is 7.64. The topological polar surface area (TPSA) is 92.4 Å². The molecule has 3 unspecified atom stereocenters. The van der Waals surface area contributed by atoms with E-state index in [1.807, 2.05) is 0 Å². The zero-order chi connectivity index (χ0) is 15.1. The summed E-state index contributed by atoms with van der Waals surface area (Å²) in [6, 6.07) is 0.00910. The standard InChI is InChI=1S/C15H28N2O3/c1-10(2)6-11(9-16)7-14(18)17-13-5-3-4-12(8-13)15(19)20/h10-13H,3-9,16H2,1-2H3,(H,17,18)(H,19,20).